The molecule has 0 saturated heterocycles. The van der Waals surface area contributed by atoms with Crippen LogP contribution in [0.5, 0.6) is 0 Å². The standard InChI is InChI=1S/C17H24N2O/c1-5-19(17-9-7-6-8-13(17)2)12-15-10-16(11-18-4)20-14(15)3/h6-10,18H,5,11-12H2,1-4H3. The van der Waals surface area contributed by atoms with Crippen LogP contribution in [0.25, 0.3) is 0 Å². The molecule has 0 spiro atoms. The van der Waals surface area contributed by atoms with Crippen molar-refractivity contribution < 1.29 is 4.42 Å². The van der Waals surface area contributed by atoms with Crippen molar-refractivity contribution >= 4 is 5.69 Å². The number of hydrogen-bond acceptors (Lipinski definition) is 3. The van der Waals surface area contributed by atoms with Crippen LogP contribution in [0.2, 0.25) is 0 Å². The molecule has 2 aromatic rings. The van der Waals surface area contributed by atoms with Gasteiger partial charge in [0.25, 0.3) is 0 Å². The van der Waals surface area contributed by atoms with Gasteiger partial charge in [-0.05, 0) is 45.5 Å². The van der Waals surface area contributed by atoms with E-state index in [-0.39, 0.29) is 0 Å². The minimum absolute atomic E-state index is 0.775. The highest BCUT2D eigenvalue weighted by molar-refractivity contribution is 5.53. The summed E-state index contributed by atoms with van der Waals surface area (Å²) in [6, 6.07) is 10.7. The zero-order chi connectivity index (χ0) is 14.5. The molecule has 0 atom stereocenters. The number of benzene rings is 1. The summed E-state index contributed by atoms with van der Waals surface area (Å²) >= 11 is 0. The van der Waals surface area contributed by atoms with Crippen molar-refractivity contribution in [2.24, 2.45) is 0 Å². The van der Waals surface area contributed by atoms with Gasteiger partial charge in [-0.2, -0.15) is 0 Å². The van der Waals surface area contributed by atoms with Gasteiger partial charge in [-0.1, -0.05) is 18.2 Å². The highest BCUT2D eigenvalue weighted by Crippen LogP contribution is 2.23. The van der Waals surface area contributed by atoms with Crippen LogP contribution in [0.15, 0.2) is 34.7 Å². The third-order valence-corrected chi connectivity index (χ3v) is 3.62. The van der Waals surface area contributed by atoms with Gasteiger partial charge in [-0.25, -0.2) is 0 Å². The average molecular weight is 272 g/mol. The topological polar surface area (TPSA) is 28.4 Å². The molecule has 3 nitrogen and oxygen atoms in total. The molecular formula is C17H24N2O. The summed E-state index contributed by atoms with van der Waals surface area (Å²) in [6.45, 7) is 9.04. The third-order valence-electron chi connectivity index (χ3n) is 3.62. The minimum Gasteiger partial charge on any atom is -0.465 e. The molecule has 1 heterocycles. The minimum atomic E-state index is 0.775. The molecule has 1 aromatic heterocycles. The number of anilines is 1. The summed E-state index contributed by atoms with van der Waals surface area (Å²) < 4.78 is 5.78. The predicted molar refractivity (Wildman–Crippen MR) is 84.1 cm³/mol. The first-order valence-corrected chi connectivity index (χ1v) is 7.19. The summed E-state index contributed by atoms with van der Waals surface area (Å²) in [4.78, 5) is 2.39. The van der Waals surface area contributed by atoms with Gasteiger partial charge >= 0.3 is 0 Å². The lowest BCUT2D eigenvalue weighted by atomic mass is 10.1. The highest BCUT2D eigenvalue weighted by Gasteiger charge is 2.12. The summed E-state index contributed by atoms with van der Waals surface area (Å²) in [6.07, 6.45) is 0. The summed E-state index contributed by atoms with van der Waals surface area (Å²) in [5.74, 6) is 2.02. The molecule has 0 aliphatic carbocycles. The molecule has 0 aliphatic heterocycles. The first-order chi connectivity index (χ1) is 9.65. The maximum absolute atomic E-state index is 5.78. The number of hydrogen-bond donors (Lipinski definition) is 1. The number of furan rings is 1. The third kappa shape index (κ3) is 3.23. The largest absolute Gasteiger partial charge is 0.465 e. The molecule has 0 amide bonds. The monoisotopic (exact) mass is 272 g/mol. The SMILES string of the molecule is CCN(Cc1cc(CNC)oc1C)c1ccccc1C. The van der Waals surface area contributed by atoms with E-state index >= 15 is 0 Å². The molecular weight excluding hydrogens is 248 g/mol. The van der Waals surface area contributed by atoms with Crippen LogP contribution in [0, 0.1) is 13.8 Å². The second-order valence-corrected chi connectivity index (χ2v) is 5.13. The quantitative estimate of drug-likeness (QED) is 0.870. The number of para-hydroxylation sites is 1. The Kier molecular flexibility index (Phi) is 4.85. The Bertz CT molecular complexity index is 560. The van der Waals surface area contributed by atoms with Crippen LogP contribution in [-0.4, -0.2) is 13.6 Å². The van der Waals surface area contributed by atoms with Crippen molar-refractivity contribution in [2.45, 2.75) is 33.9 Å². The zero-order valence-electron chi connectivity index (χ0n) is 12.9. The number of nitrogens with one attached hydrogen (secondary N) is 1. The molecule has 0 saturated carbocycles. The van der Waals surface area contributed by atoms with Crippen molar-refractivity contribution in [3.8, 4) is 0 Å². The fourth-order valence-electron chi connectivity index (χ4n) is 2.50. The fourth-order valence-corrected chi connectivity index (χ4v) is 2.50. The van der Waals surface area contributed by atoms with E-state index in [0.717, 1.165) is 31.2 Å². The first-order valence-electron chi connectivity index (χ1n) is 7.19. The van der Waals surface area contributed by atoms with Crippen molar-refractivity contribution in [3.63, 3.8) is 0 Å². The molecule has 20 heavy (non-hydrogen) atoms. The molecule has 0 bridgehead atoms. The van der Waals surface area contributed by atoms with Crippen LogP contribution in [-0.2, 0) is 13.1 Å². The lowest BCUT2D eigenvalue weighted by molar-refractivity contribution is 0.469. The smallest absolute Gasteiger partial charge is 0.118 e. The van der Waals surface area contributed by atoms with Gasteiger partial charge in [0.1, 0.15) is 11.5 Å². The van der Waals surface area contributed by atoms with Gasteiger partial charge in [0.05, 0.1) is 6.54 Å². The van der Waals surface area contributed by atoms with Crippen molar-refractivity contribution in [3.05, 3.63) is 53.0 Å². The Labute approximate surface area is 121 Å². The van der Waals surface area contributed by atoms with Crippen LogP contribution in [0.4, 0.5) is 5.69 Å². The Morgan fingerprint density at radius 3 is 2.60 bits per heavy atom. The molecule has 1 N–H and O–H groups in total. The highest BCUT2D eigenvalue weighted by atomic mass is 16.3. The average Bonchev–Trinajstić information content (AvgIpc) is 2.77. The summed E-state index contributed by atoms with van der Waals surface area (Å²) in [5.41, 5.74) is 3.87. The Hall–Kier alpha value is -1.74. The molecule has 0 radical (unpaired) electrons. The fraction of sp³-hybridized carbons (Fsp3) is 0.412. The van der Waals surface area contributed by atoms with Crippen molar-refractivity contribution in [1.82, 2.24) is 5.32 Å². The number of aryl methyl sites for hydroxylation is 2. The molecule has 0 unspecified atom stereocenters. The van der Waals surface area contributed by atoms with E-state index in [1.165, 1.54) is 16.8 Å². The molecule has 108 valence electrons. The molecule has 3 heteroatoms. The lowest BCUT2D eigenvalue weighted by Gasteiger charge is -2.24. The number of rotatable bonds is 6. The van der Waals surface area contributed by atoms with Gasteiger partial charge in [0, 0.05) is 24.3 Å². The van der Waals surface area contributed by atoms with E-state index < -0.39 is 0 Å². The van der Waals surface area contributed by atoms with Crippen LogP contribution >= 0.6 is 0 Å². The van der Waals surface area contributed by atoms with Crippen molar-refractivity contribution in [1.29, 1.82) is 0 Å². The van der Waals surface area contributed by atoms with Gasteiger partial charge in [-0.15, -0.1) is 0 Å². The molecule has 1 aromatic carbocycles. The van der Waals surface area contributed by atoms with Gasteiger partial charge in [0.15, 0.2) is 0 Å². The Morgan fingerprint density at radius 2 is 1.95 bits per heavy atom. The van der Waals surface area contributed by atoms with Crippen LogP contribution in [0.3, 0.4) is 0 Å². The van der Waals surface area contributed by atoms with E-state index in [0.29, 0.717) is 0 Å². The zero-order valence-corrected chi connectivity index (χ0v) is 12.9. The first kappa shape index (κ1) is 14.7. The lowest BCUT2D eigenvalue weighted by Crippen LogP contribution is -2.22. The van der Waals surface area contributed by atoms with Crippen molar-refractivity contribution in [2.75, 3.05) is 18.5 Å². The number of nitrogens with zero attached hydrogens (tertiary/aromatic N) is 1. The molecule has 2 rings (SSSR count). The predicted octanol–water partition coefficient (Wildman–Crippen LogP) is 3.64. The normalized spacial score (nSPS) is 10.8. The Morgan fingerprint density at radius 1 is 1.20 bits per heavy atom. The van der Waals surface area contributed by atoms with E-state index in [2.05, 4.69) is 54.4 Å². The maximum Gasteiger partial charge on any atom is 0.118 e. The maximum atomic E-state index is 5.78. The molecule has 0 aliphatic rings. The van der Waals surface area contributed by atoms with E-state index in [1.807, 2.05) is 14.0 Å². The second kappa shape index (κ2) is 6.62. The van der Waals surface area contributed by atoms with E-state index in [4.69, 9.17) is 4.42 Å². The molecule has 0 fully saturated rings. The van der Waals surface area contributed by atoms with Gasteiger partial charge in [-0.3, -0.25) is 0 Å². The summed E-state index contributed by atoms with van der Waals surface area (Å²) in [5, 5.41) is 3.13. The van der Waals surface area contributed by atoms with Gasteiger partial charge < -0.3 is 14.6 Å². The Balaban J connectivity index is 2.20. The van der Waals surface area contributed by atoms with E-state index in [9.17, 15) is 0 Å². The van der Waals surface area contributed by atoms with E-state index in [1.54, 1.807) is 0 Å². The van der Waals surface area contributed by atoms with Gasteiger partial charge in [0.2, 0.25) is 0 Å². The summed E-state index contributed by atoms with van der Waals surface area (Å²) in [7, 11) is 1.93. The van der Waals surface area contributed by atoms with Crippen LogP contribution in [0.1, 0.15) is 29.6 Å². The van der Waals surface area contributed by atoms with Crippen LogP contribution < -0.4 is 10.2 Å². The second-order valence-electron chi connectivity index (χ2n) is 5.13.